The summed E-state index contributed by atoms with van der Waals surface area (Å²) < 4.78 is 5.95. The Labute approximate surface area is 143 Å². The molecule has 22 heavy (non-hydrogen) atoms. The zero-order valence-electron chi connectivity index (χ0n) is 11.5. The van der Waals surface area contributed by atoms with E-state index in [2.05, 4.69) is 12.6 Å². The summed E-state index contributed by atoms with van der Waals surface area (Å²) in [4.78, 5) is 13.5. The van der Waals surface area contributed by atoms with Crippen LogP contribution in [0.1, 0.15) is 27.2 Å². The zero-order chi connectivity index (χ0) is 15.7. The summed E-state index contributed by atoms with van der Waals surface area (Å²) in [6, 6.07) is 7.37. The number of hydrogen-bond acceptors (Lipinski definition) is 6. The molecule has 0 saturated heterocycles. The van der Waals surface area contributed by atoms with Crippen LogP contribution in [0.15, 0.2) is 40.9 Å². The molecule has 1 aliphatic rings. The highest BCUT2D eigenvalue weighted by Crippen LogP contribution is 2.42. The molecule has 0 fully saturated rings. The third kappa shape index (κ3) is 2.69. The van der Waals surface area contributed by atoms with Crippen molar-refractivity contribution in [1.82, 2.24) is 0 Å². The van der Waals surface area contributed by atoms with Crippen LogP contribution < -0.4 is 10.5 Å². The summed E-state index contributed by atoms with van der Waals surface area (Å²) in [6.45, 7) is 0. The molecule has 0 spiro atoms. The first-order valence-corrected chi connectivity index (χ1v) is 8.34. The molecule has 0 saturated carbocycles. The van der Waals surface area contributed by atoms with E-state index in [1.165, 1.54) is 11.3 Å². The Balaban J connectivity index is 2.05. The maximum atomic E-state index is 11.3. The van der Waals surface area contributed by atoms with Crippen molar-refractivity contribution in [1.29, 1.82) is 0 Å². The second kappa shape index (κ2) is 6.24. The zero-order valence-corrected chi connectivity index (χ0v) is 14.1. The van der Waals surface area contributed by atoms with Gasteiger partial charge in [0.05, 0.1) is 15.3 Å². The van der Waals surface area contributed by atoms with Crippen LogP contribution in [0.25, 0.3) is 0 Å². The predicted molar refractivity (Wildman–Crippen MR) is 95.8 cm³/mol. The van der Waals surface area contributed by atoms with Gasteiger partial charge in [-0.15, -0.1) is 12.6 Å². The number of carbonyl (C=O) groups is 1. The number of hydrogen-bond donors (Lipinski definition) is 2. The van der Waals surface area contributed by atoms with Crippen molar-refractivity contribution in [2.75, 3.05) is 0 Å². The lowest BCUT2D eigenvalue weighted by Gasteiger charge is -2.17. The lowest BCUT2D eigenvalue weighted by atomic mass is 9.89. The maximum absolute atomic E-state index is 11.3. The quantitative estimate of drug-likeness (QED) is 0.379. The summed E-state index contributed by atoms with van der Waals surface area (Å²) in [5.41, 5.74) is 8.37. The van der Waals surface area contributed by atoms with E-state index >= 15 is 0 Å². The van der Waals surface area contributed by atoms with Gasteiger partial charge in [-0.05, 0) is 54.4 Å². The molecule has 0 unspecified atom stereocenters. The largest absolute Gasteiger partial charge is 0.446 e. The minimum absolute atomic E-state index is 0.646. The molecule has 6 heteroatoms. The molecule has 2 N–H and O–H groups in total. The number of thiocarbonyl (C=S) groups is 1. The van der Waals surface area contributed by atoms with E-state index in [1.807, 2.05) is 24.3 Å². The highest BCUT2D eigenvalue weighted by atomic mass is 32.1. The van der Waals surface area contributed by atoms with Gasteiger partial charge in [0.15, 0.2) is 11.3 Å². The molecular formula is C16H13NO2S3. The molecule has 112 valence electrons. The molecule has 1 aromatic heterocycles. The van der Waals surface area contributed by atoms with Crippen LogP contribution in [0.4, 0.5) is 0 Å². The molecule has 0 radical (unpaired) electrons. The number of aldehydes is 1. The van der Waals surface area contributed by atoms with E-state index < -0.39 is 0 Å². The molecule has 0 aliphatic heterocycles. The number of carbonyl (C=O) groups excluding carboxylic acids is 1. The molecule has 0 atom stereocenters. The Morgan fingerprint density at radius 2 is 2.00 bits per heavy atom. The summed E-state index contributed by atoms with van der Waals surface area (Å²) in [5.74, 6) is 0.686. The monoisotopic (exact) mass is 347 g/mol. The smallest absolute Gasteiger partial charge is 0.190 e. The molecule has 1 aliphatic carbocycles. The Bertz CT molecular complexity index is 775. The first kappa shape index (κ1) is 15.3. The number of thiol groups is 1. The van der Waals surface area contributed by atoms with Gasteiger partial charge in [0.1, 0.15) is 5.75 Å². The molecular weight excluding hydrogens is 334 g/mol. The van der Waals surface area contributed by atoms with Crippen LogP contribution in [0.2, 0.25) is 0 Å². The van der Waals surface area contributed by atoms with Gasteiger partial charge < -0.3 is 10.5 Å². The maximum Gasteiger partial charge on any atom is 0.190 e. The second-order valence-electron chi connectivity index (χ2n) is 4.84. The molecule has 3 nitrogen and oxygen atoms in total. The third-order valence-corrected chi connectivity index (χ3v) is 5.32. The van der Waals surface area contributed by atoms with Crippen LogP contribution in [0.5, 0.6) is 10.8 Å². The van der Waals surface area contributed by atoms with Gasteiger partial charge in [-0.2, -0.15) is 0 Å². The van der Waals surface area contributed by atoms with Gasteiger partial charge >= 0.3 is 0 Å². The van der Waals surface area contributed by atoms with Crippen molar-refractivity contribution in [2.24, 2.45) is 5.73 Å². The van der Waals surface area contributed by atoms with Crippen molar-refractivity contribution < 1.29 is 9.53 Å². The second-order valence-corrected chi connectivity index (χ2v) is 6.78. The first-order chi connectivity index (χ1) is 10.6. The number of allylic oxidation sites excluding steroid dienone is 1. The van der Waals surface area contributed by atoms with E-state index in [-0.39, 0.29) is 0 Å². The topological polar surface area (TPSA) is 52.3 Å². The highest BCUT2D eigenvalue weighted by molar-refractivity contribution is 7.81. The summed E-state index contributed by atoms with van der Waals surface area (Å²) in [5, 5.41) is 0.646. The van der Waals surface area contributed by atoms with Crippen LogP contribution in [0, 0.1) is 0 Å². The van der Waals surface area contributed by atoms with Gasteiger partial charge in [0.25, 0.3) is 0 Å². The predicted octanol–water partition coefficient (Wildman–Crippen LogP) is 4.15. The Kier molecular flexibility index (Phi) is 4.33. The van der Waals surface area contributed by atoms with E-state index in [9.17, 15) is 4.79 Å². The normalized spacial score (nSPS) is 15.7. The van der Waals surface area contributed by atoms with Crippen molar-refractivity contribution in [2.45, 2.75) is 17.7 Å². The summed E-state index contributed by atoms with van der Waals surface area (Å²) in [7, 11) is 0. The van der Waals surface area contributed by atoms with E-state index in [4.69, 9.17) is 22.7 Å². The lowest BCUT2D eigenvalue weighted by Crippen LogP contribution is -2.14. The Morgan fingerprint density at radius 1 is 1.27 bits per heavy atom. The van der Waals surface area contributed by atoms with Gasteiger partial charge in [-0.3, -0.25) is 4.79 Å². The summed E-state index contributed by atoms with van der Waals surface area (Å²) in [6.07, 6.45) is 3.92. The number of rotatable bonds is 3. The summed E-state index contributed by atoms with van der Waals surface area (Å²) >= 11 is 11.1. The fourth-order valence-electron chi connectivity index (χ4n) is 2.42. The van der Waals surface area contributed by atoms with E-state index in [0.29, 0.717) is 20.6 Å². The molecule has 1 heterocycles. The highest BCUT2D eigenvalue weighted by Gasteiger charge is 2.28. The Morgan fingerprint density at radius 3 is 2.64 bits per heavy atom. The van der Waals surface area contributed by atoms with Gasteiger partial charge in [-0.1, -0.05) is 23.6 Å². The molecule has 1 aromatic carbocycles. The Hall–Kier alpha value is -1.63. The number of benzene rings is 1. The van der Waals surface area contributed by atoms with Crippen molar-refractivity contribution in [3.05, 3.63) is 52.0 Å². The third-order valence-electron chi connectivity index (χ3n) is 3.52. The minimum Gasteiger partial charge on any atom is -0.446 e. The van der Waals surface area contributed by atoms with Crippen LogP contribution in [-0.4, -0.2) is 11.2 Å². The lowest BCUT2D eigenvalue weighted by molar-refractivity contribution is 0.112. The molecule has 2 aromatic rings. The SMILES string of the molecule is NC=C1CCc2c(C=O)sc(Oc3ccc(S)cc3)c2C1=S. The average Bonchev–Trinajstić information content (AvgIpc) is 2.88. The van der Waals surface area contributed by atoms with E-state index in [1.54, 1.807) is 6.20 Å². The van der Waals surface area contributed by atoms with Crippen LogP contribution >= 0.6 is 36.2 Å². The first-order valence-electron chi connectivity index (χ1n) is 6.67. The number of ether oxygens (including phenoxy) is 1. The van der Waals surface area contributed by atoms with Gasteiger partial charge in [0, 0.05) is 4.90 Å². The van der Waals surface area contributed by atoms with Crippen molar-refractivity contribution in [3.63, 3.8) is 0 Å². The average molecular weight is 347 g/mol. The number of fused-ring (bicyclic) bond motifs is 1. The standard InChI is InChI=1S/C16H13NO2S3/c17-7-9-1-6-12-13(8-18)22-16(14(12)15(9)21)19-10-2-4-11(20)5-3-10/h2-5,7-8,20H,1,6,17H2. The molecule has 0 bridgehead atoms. The fraction of sp³-hybridized carbons (Fsp3) is 0.125. The van der Waals surface area contributed by atoms with Crippen molar-refractivity contribution in [3.8, 4) is 10.8 Å². The fourth-order valence-corrected chi connectivity index (χ4v) is 4.06. The van der Waals surface area contributed by atoms with E-state index in [0.717, 1.165) is 40.7 Å². The van der Waals surface area contributed by atoms with Crippen LogP contribution in [-0.2, 0) is 6.42 Å². The minimum atomic E-state index is 0.646. The molecule has 3 rings (SSSR count). The van der Waals surface area contributed by atoms with Crippen LogP contribution in [0.3, 0.4) is 0 Å². The van der Waals surface area contributed by atoms with Gasteiger partial charge in [0.2, 0.25) is 0 Å². The number of nitrogens with two attached hydrogens (primary N) is 1. The molecule has 0 amide bonds. The van der Waals surface area contributed by atoms with Crippen molar-refractivity contribution >= 4 is 47.3 Å². The van der Waals surface area contributed by atoms with Gasteiger partial charge in [-0.25, -0.2) is 0 Å². The number of thiophene rings is 1.